The molecule has 3 nitrogen and oxygen atoms in total. The minimum absolute atomic E-state index is 0.0387. The molecule has 3 aromatic rings. The van der Waals surface area contributed by atoms with Crippen molar-refractivity contribution in [2.24, 2.45) is 5.84 Å². The third-order valence-corrected chi connectivity index (χ3v) is 5.14. The van der Waals surface area contributed by atoms with Gasteiger partial charge >= 0.3 is 0 Å². The minimum atomic E-state index is -0.0387. The molecule has 0 saturated carbocycles. The molecular formula is C17H16IN3. The van der Waals surface area contributed by atoms with E-state index < -0.39 is 0 Å². The maximum Gasteiger partial charge on any atom is 0.0721 e. The topological polar surface area (TPSA) is 50.9 Å². The summed E-state index contributed by atoms with van der Waals surface area (Å²) in [6.45, 7) is 2.11. The van der Waals surface area contributed by atoms with Crippen LogP contribution < -0.4 is 11.3 Å². The third-order valence-electron chi connectivity index (χ3n) is 3.66. The molecule has 106 valence electrons. The lowest BCUT2D eigenvalue weighted by atomic mass is 9.97. The molecule has 2 aromatic carbocycles. The minimum Gasteiger partial charge on any atom is -0.271 e. The van der Waals surface area contributed by atoms with E-state index in [1.807, 2.05) is 12.3 Å². The molecule has 0 saturated heterocycles. The number of pyridine rings is 1. The van der Waals surface area contributed by atoms with E-state index in [2.05, 4.69) is 82.4 Å². The zero-order valence-electron chi connectivity index (χ0n) is 11.7. The SMILES string of the molecule is Cc1cccc(C(NN)c2ccc3cccnc3c2)c1I. The first-order chi connectivity index (χ1) is 10.2. The average molecular weight is 389 g/mol. The summed E-state index contributed by atoms with van der Waals surface area (Å²) >= 11 is 2.38. The molecule has 0 aliphatic rings. The fraction of sp³-hybridized carbons (Fsp3) is 0.118. The third kappa shape index (κ3) is 2.79. The van der Waals surface area contributed by atoms with Crippen LogP contribution in [0.15, 0.2) is 54.7 Å². The van der Waals surface area contributed by atoms with E-state index >= 15 is 0 Å². The molecule has 3 rings (SSSR count). The summed E-state index contributed by atoms with van der Waals surface area (Å²) in [5.41, 5.74) is 7.48. The highest BCUT2D eigenvalue weighted by atomic mass is 127. The second kappa shape index (κ2) is 6.09. The summed E-state index contributed by atoms with van der Waals surface area (Å²) in [5, 5.41) is 1.14. The van der Waals surface area contributed by atoms with Gasteiger partial charge in [0.2, 0.25) is 0 Å². The van der Waals surface area contributed by atoms with E-state index in [0.29, 0.717) is 0 Å². The van der Waals surface area contributed by atoms with Gasteiger partial charge in [-0.2, -0.15) is 0 Å². The van der Waals surface area contributed by atoms with E-state index in [1.54, 1.807) is 0 Å². The number of aromatic nitrogens is 1. The molecule has 1 aromatic heterocycles. The Labute approximate surface area is 137 Å². The van der Waals surface area contributed by atoms with Crippen molar-refractivity contribution in [3.05, 3.63) is 75.0 Å². The number of fused-ring (bicyclic) bond motifs is 1. The number of nitrogens with zero attached hydrogens (tertiary/aromatic N) is 1. The van der Waals surface area contributed by atoms with Gasteiger partial charge in [0, 0.05) is 15.2 Å². The van der Waals surface area contributed by atoms with Gasteiger partial charge in [0.1, 0.15) is 0 Å². The van der Waals surface area contributed by atoms with Gasteiger partial charge in [-0.1, -0.05) is 36.4 Å². The second-order valence-corrected chi connectivity index (χ2v) is 6.11. The van der Waals surface area contributed by atoms with Gasteiger partial charge in [-0.05, 0) is 58.3 Å². The smallest absolute Gasteiger partial charge is 0.0721 e. The normalized spacial score (nSPS) is 12.5. The van der Waals surface area contributed by atoms with Crippen molar-refractivity contribution in [3.8, 4) is 0 Å². The molecule has 3 N–H and O–H groups in total. The van der Waals surface area contributed by atoms with Crippen LogP contribution in [0.2, 0.25) is 0 Å². The summed E-state index contributed by atoms with van der Waals surface area (Å²) in [6.07, 6.45) is 1.81. The Morgan fingerprint density at radius 1 is 1.14 bits per heavy atom. The summed E-state index contributed by atoms with van der Waals surface area (Å²) < 4.78 is 1.24. The van der Waals surface area contributed by atoms with Crippen molar-refractivity contribution in [2.75, 3.05) is 0 Å². The number of aryl methyl sites for hydroxylation is 1. The lowest BCUT2D eigenvalue weighted by molar-refractivity contribution is 0.634. The van der Waals surface area contributed by atoms with Crippen molar-refractivity contribution in [2.45, 2.75) is 13.0 Å². The quantitative estimate of drug-likeness (QED) is 0.408. The summed E-state index contributed by atoms with van der Waals surface area (Å²) in [4.78, 5) is 4.42. The van der Waals surface area contributed by atoms with Crippen LogP contribution in [0.25, 0.3) is 10.9 Å². The highest BCUT2D eigenvalue weighted by Gasteiger charge is 2.16. The number of nitrogens with one attached hydrogen (secondary N) is 1. The molecule has 1 unspecified atom stereocenters. The van der Waals surface area contributed by atoms with Crippen LogP contribution in [-0.4, -0.2) is 4.98 Å². The number of nitrogens with two attached hydrogens (primary N) is 1. The van der Waals surface area contributed by atoms with Crippen molar-refractivity contribution in [3.63, 3.8) is 0 Å². The van der Waals surface area contributed by atoms with E-state index in [1.165, 1.54) is 14.7 Å². The van der Waals surface area contributed by atoms with Crippen LogP contribution in [0.3, 0.4) is 0 Å². The largest absolute Gasteiger partial charge is 0.271 e. The van der Waals surface area contributed by atoms with Crippen LogP contribution in [-0.2, 0) is 0 Å². The van der Waals surface area contributed by atoms with Crippen molar-refractivity contribution in [1.29, 1.82) is 0 Å². The molecule has 0 aliphatic carbocycles. The number of hydrazine groups is 1. The zero-order valence-corrected chi connectivity index (χ0v) is 13.8. The second-order valence-electron chi connectivity index (χ2n) is 5.03. The number of rotatable bonds is 3. The lowest BCUT2D eigenvalue weighted by Crippen LogP contribution is -2.29. The fourth-order valence-corrected chi connectivity index (χ4v) is 3.19. The highest BCUT2D eigenvalue weighted by molar-refractivity contribution is 14.1. The van der Waals surface area contributed by atoms with Crippen LogP contribution >= 0.6 is 22.6 Å². The highest BCUT2D eigenvalue weighted by Crippen LogP contribution is 2.29. The standard InChI is InChI=1S/C17H16IN3/c1-11-4-2-6-14(16(11)18)17(21-19)13-8-7-12-5-3-9-20-15(12)10-13/h2-10,17,21H,19H2,1H3. The Bertz CT molecular complexity index is 786. The van der Waals surface area contributed by atoms with Crippen molar-refractivity contribution < 1.29 is 0 Å². The zero-order chi connectivity index (χ0) is 14.8. The first-order valence-electron chi connectivity index (χ1n) is 6.76. The molecule has 1 heterocycles. The number of hydrogen-bond donors (Lipinski definition) is 2. The Morgan fingerprint density at radius 3 is 2.81 bits per heavy atom. The Morgan fingerprint density at radius 2 is 2.00 bits per heavy atom. The first kappa shape index (κ1) is 14.4. The molecule has 21 heavy (non-hydrogen) atoms. The average Bonchev–Trinajstić information content (AvgIpc) is 2.52. The van der Waals surface area contributed by atoms with E-state index in [-0.39, 0.29) is 6.04 Å². The molecule has 0 amide bonds. The summed E-state index contributed by atoms with van der Waals surface area (Å²) in [7, 11) is 0. The number of benzene rings is 2. The van der Waals surface area contributed by atoms with Gasteiger partial charge in [0.05, 0.1) is 11.6 Å². The van der Waals surface area contributed by atoms with Crippen LogP contribution in [0.5, 0.6) is 0 Å². The maximum absolute atomic E-state index is 5.83. The lowest BCUT2D eigenvalue weighted by Gasteiger charge is -2.19. The van der Waals surface area contributed by atoms with E-state index in [0.717, 1.165) is 16.5 Å². The van der Waals surface area contributed by atoms with Gasteiger partial charge in [-0.25, -0.2) is 5.43 Å². The van der Waals surface area contributed by atoms with Crippen LogP contribution in [0, 0.1) is 10.5 Å². The molecule has 0 fully saturated rings. The molecule has 1 atom stereocenters. The summed E-state index contributed by atoms with van der Waals surface area (Å²) in [5.74, 6) is 5.83. The van der Waals surface area contributed by atoms with Gasteiger partial charge in [0.25, 0.3) is 0 Å². The van der Waals surface area contributed by atoms with Crippen LogP contribution in [0.1, 0.15) is 22.7 Å². The van der Waals surface area contributed by atoms with E-state index in [4.69, 9.17) is 5.84 Å². The van der Waals surface area contributed by atoms with E-state index in [9.17, 15) is 0 Å². The Hall–Kier alpha value is -1.50. The molecule has 0 radical (unpaired) electrons. The first-order valence-corrected chi connectivity index (χ1v) is 7.84. The molecule has 4 heteroatoms. The molecule has 0 aliphatic heterocycles. The van der Waals surface area contributed by atoms with Gasteiger partial charge in [-0.15, -0.1) is 0 Å². The molecule has 0 spiro atoms. The van der Waals surface area contributed by atoms with Crippen LogP contribution in [0.4, 0.5) is 0 Å². The maximum atomic E-state index is 5.83. The Kier molecular flexibility index (Phi) is 4.19. The fourth-order valence-electron chi connectivity index (χ4n) is 2.52. The molecular weight excluding hydrogens is 373 g/mol. The van der Waals surface area contributed by atoms with Gasteiger partial charge in [-0.3, -0.25) is 10.8 Å². The number of hydrogen-bond acceptors (Lipinski definition) is 3. The predicted octanol–water partition coefficient (Wildman–Crippen LogP) is 3.70. The molecule has 0 bridgehead atoms. The number of halogens is 1. The predicted molar refractivity (Wildman–Crippen MR) is 94.8 cm³/mol. The van der Waals surface area contributed by atoms with Gasteiger partial charge < -0.3 is 0 Å². The Balaban J connectivity index is 2.11. The van der Waals surface area contributed by atoms with Crippen molar-refractivity contribution in [1.82, 2.24) is 10.4 Å². The summed E-state index contributed by atoms with van der Waals surface area (Å²) in [6, 6.07) is 16.6. The monoisotopic (exact) mass is 389 g/mol. The van der Waals surface area contributed by atoms with Crippen molar-refractivity contribution >= 4 is 33.5 Å². The van der Waals surface area contributed by atoms with Gasteiger partial charge in [0.15, 0.2) is 0 Å².